The van der Waals surface area contributed by atoms with Gasteiger partial charge in [-0.15, -0.1) is 0 Å². The quantitative estimate of drug-likeness (QED) is 0.555. The first-order valence-corrected chi connectivity index (χ1v) is 7.62. The zero-order valence-corrected chi connectivity index (χ0v) is 13.4. The third-order valence-electron chi connectivity index (χ3n) is 3.86. The van der Waals surface area contributed by atoms with E-state index in [2.05, 4.69) is 5.32 Å². The summed E-state index contributed by atoms with van der Waals surface area (Å²) in [5.41, 5.74) is 3.38. The molecule has 0 aromatic heterocycles. The van der Waals surface area contributed by atoms with Gasteiger partial charge < -0.3 is 5.32 Å². The molecule has 3 N–H and O–H groups in total. The van der Waals surface area contributed by atoms with E-state index in [0.717, 1.165) is 18.1 Å². The molecule has 2 aromatic rings. The maximum atomic E-state index is 12.9. The Hall–Kier alpha value is -2.80. The minimum absolute atomic E-state index is 0.219. The molecule has 0 saturated carbocycles. The summed E-state index contributed by atoms with van der Waals surface area (Å²) in [6, 6.07) is 14.5. The Morgan fingerprint density at radius 3 is 2.04 bits per heavy atom. The molecule has 0 saturated heterocycles. The first kappa shape index (κ1) is 18.5. The van der Waals surface area contributed by atoms with Gasteiger partial charge in [-0.1, -0.05) is 49.4 Å². The van der Waals surface area contributed by atoms with Crippen LogP contribution in [0.25, 0.3) is 11.1 Å². The fourth-order valence-electron chi connectivity index (χ4n) is 2.32. The van der Waals surface area contributed by atoms with Crippen LogP contribution in [0.5, 0.6) is 0 Å². The van der Waals surface area contributed by atoms with Gasteiger partial charge in [0.05, 0.1) is 0 Å². The molecule has 5 nitrogen and oxygen atoms in total. The molecule has 0 aliphatic rings. The van der Waals surface area contributed by atoms with E-state index >= 15 is 0 Å². The summed E-state index contributed by atoms with van der Waals surface area (Å²) < 4.78 is 25.7. The Morgan fingerprint density at radius 1 is 0.960 bits per heavy atom. The van der Waals surface area contributed by atoms with Gasteiger partial charge in [0.2, 0.25) is 6.43 Å². The van der Waals surface area contributed by atoms with Gasteiger partial charge >= 0.3 is 0 Å². The first-order chi connectivity index (χ1) is 11.9. The summed E-state index contributed by atoms with van der Waals surface area (Å²) in [6.45, 7) is 1.11. The minimum atomic E-state index is -2.83. The number of alkyl halides is 2. The lowest BCUT2D eigenvalue weighted by atomic mass is 10.0. The van der Waals surface area contributed by atoms with Crippen LogP contribution in [0.1, 0.15) is 17.3 Å². The number of hydrogen-bond acceptors (Lipinski definition) is 3. The van der Waals surface area contributed by atoms with Crippen molar-refractivity contribution in [1.29, 1.82) is 0 Å². The van der Waals surface area contributed by atoms with Crippen molar-refractivity contribution in [3.05, 3.63) is 60.2 Å². The van der Waals surface area contributed by atoms with Crippen molar-refractivity contribution in [2.75, 3.05) is 0 Å². The molecular weight excluding hydrogens is 330 g/mol. The number of halogens is 2. The molecule has 2 atom stereocenters. The predicted molar refractivity (Wildman–Crippen MR) is 88.2 cm³/mol. The molecule has 0 aliphatic heterocycles. The Kier molecular flexibility index (Phi) is 6.19. The highest BCUT2D eigenvalue weighted by Gasteiger charge is 2.32. The highest BCUT2D eigenvalue weighted by atomic mass is 19.3. The summed E-state index contributed by atoms with van der Waals surface area (Å²) in [4.78, 5) is 23.8. The van der Waals surface area contributed by atoms with Gasteiger partial charge in [-0.2, -0.15) is 0 Å². The molecule has 2 unspecified atom stereocenters. The summed E-state index contributed by atoms with van der Waals surface area (Å²) in [7, 11) is 0. The average Bonchev–Trinajstić information content (AvgIpc) is 2.65. The number of rotatable bonds is 6. The second kappa shape index (κ2) is 8.34. The van der Waals surface area contributed by atoms with E-state index in [1.165, 1.54) is 5.48 Å². The van der Waals surface area contributed by atoms with E-state index < -0.39 is 30.2 Å². The number of benzene rings is 2. The predicted octanol–water partition coefficient (Wildman–Crippen LogP) is 2.86. The number of amides is 2. The van der Waals surface area contributed by atoms with Gasteiger partial charge in [0.1, 0.15) is 6.04 Å². The molecule has 2 aromatic carbocycles. The van der Waals surface area contributed by atoms with Gasteiger partial charge in [-0.3, -0.25) is 14.8 Å². The van der Waals surface area contributed by atoms with Crippen molar-refractivity contribution >= 4 is 11.8 Å². The molecule has 0 radical (unpaired) electrons. The Bertz CT molecular complexity index is 721. The molecule has 0 fully saturated rings. The third-order valence-corrected chi connectivity index (χ3v) is 3.86. The maximum Gasteiger partial charge on any atom is 0.266 e. The van der Waals surface area contributed by atoms with Gasteiger partial charge in [-0.05, 0) is 23.3 Å². The lowest BCUT2D eigenvalue weighted by Gasteiger charge is -2.22. The number of carbonyl (C=O) groups is 2. The van der Waals surface area contributed by atoms with Crippen molar-refractivity contribution < 1.29 is 23.6 Å². The third kappa shape index (κ3) is 4.60. The molecule has 0 spiro atoms. The lowest BCUT2D eigenvalue weighted by molar-refractivity contribution is -0.134. The van der Waals surface area contributed by atoms with E-state index in [1.807, 2.05) is 30.3 Å². The standard InChI is InChI=1S/C18H18F2N2O3/c1-11(16(19)20)15(18(24)22-25)21-17(23)14-9-7-13(8-10-14)12-5-3-2-4-6-12/h2-11,15-16,25H,1H3,(H,21,23)(H,22,24). The number of hydroxylamine groups is 1. The van der Waals surface area contributed by atoms with Crippen LogP contribution < -0.4 is 10.8 Å². The topological polar surface area (TPSA) is 78.4 Å². The van der Waals surface area contributed by atoms with Crippen LogP contribution in [-0.4, -0.2) is 29.5 Å². The van der Waals surface area contributed by atoms with E-state index in [9.17, 15) is 18.4 Å². The molecular formula is C18H18F2N2O3. The van der Waals surface area contributed by atoms with Crippen molar-refractivity contribution in [2.24, 2.45) is 5.92 Å². The maximum absolute atomic E-state index is 12.9. The van der Waals surface area contributed by atoms with Gasteiger partial charge in [-0.25, -0.2) is 14.3 Å². The van der Waals surface area contributed by atoms with Crippen LogP contribution in [0.3, 0.4) is 0 Å². The molecule has 132 valence electrons. The SMILES string of the molecule is CC(C(F)F)C(NC(=O)c1ccc(-c2ccccc2)cc1)C(=O)NO. The van der Waals surface area contributed by atoms with Crippen LogP contribution in [0.15, 0.2) is 54.6 Å². The van der Waals surface area contributed by atoms with Gasteiger partial charge in [0.15, 0.2) is 0 Å². The highest BCUT2D eigenvalue weighted by molar-refractivity contribution is 5.97. The molecule has 0 aliphatic carbocycles. The fraction of sp³-hybridized carbons (Fsp3) is 0.222. The monoisotopic (exact) mass is 348 g/mol. The Morgan fingerprint density at radius 2 is 1.52 bits per heavy atom. The molecule has 7 heteroatoms. The smallest absolute Gasteiger partial charge is 0.266 e. The average molecular weight is 348 g/mol. The van der Waals surface area contributed by atoms with Gasteiger partial charge in [0, 0.05) is 11.5 Å². The van der Waals surface area contributed by atoms with Crippen LogP contribution >= 0.6 is 0 Å². The normalized spacial score (nSPS) is 13.2. The van der Waals surface area contributed by atoms with E-state index in [-0.39, 0.29) is 5.56 Å². The van der Waals surface area contributed by atoms with Crippen molar-refractivity contribution in [2.45, 2.75) is 19.4 Å². The Balaban J connectivity index is 2.15. The molecule has 25 heavy (non-hydrogen) atoms. The zero-order chi connectivity index (χ0) is 18.4. The molecule has 0 heterocycles. The van der Waals surface area contributed by atoms with Crippen LogP contribution in [0.2, 0.25) is 0 Å². The van der Waals surface area contributed by atoms with Crippen LogP contribution in [0.4, 0.5) is 8.78 Å². The summed E-state index contributed by atoms with van der Waals surface area (Å²) >= 11 is 0. The second-order valence-corrected chi connectivity index (χ2v) is 5.56. The van der Waals surface area contributed by atoms with Crippen molar-refractivity contribution in [3.63, 3.8) is 0 Å². The molecule has 0 bridgehead atoms. The second-order valence-electron chi connectivity index (χ2n) is 5.56. The summed E-state index contributed by atoms with van der Waals surface area (Å²) in [5.74, 6) is -3.23. The van der Waals surface area contributed by atoms with Crippen LogP contribution in [0, 0.1) is 5.92 Å². The molecule has 2 rings (SSSR count). The lowest BCUT2D eigenvalue weighted by Crippen LogP contribution is -2.51. The van der Waals surface area contributed by atoms with E-state index in [4.69, 9.17) is 5.21 Å². The number of hydrogen-bond donors (Lipinski definition) is 3. The number of nitrogens with one attached hydrogen (secondary N) is 2. The van der Waals surface area contributed by atoms with Crippen molar-refractivity contribution in [3.8, 4) is 11.1 Å². The van der Waals surface area contributed by atoms with E-state index in [1.54, 1.807) is 24.3 Å². The van der Waals surface area contributed by atoms with Crippen LogP contribution in [-0.2, 0) is 4.79 Å². The molecule has 2 amide bonds. The fourth-order valence-corrected chi connectivity index (χ4v) is 2.32. The first-order valence-electron chi connectivity index (χ1n) is 7.62. The highest BCUT2D eigenvalue weighted by Crippen LogP contribution is 2.20. The summed E-state index contributed by atoms with van der Waals surface area (Å²) in [5, 5.41) is 10.9. The largest absolute Gasteiger partial charge is 0.340 e. The minimum Gasteiger partial charge on any atom is -0.340 e. The number of carbonyl (C=O) groups excluding carboxylic acids is 2. The van der Waals surface area contributed by atoms with Crippen molar-refractivity contribution in [1.82, 2.24) is 10.8 Å². The van der Waals surface area contributed by atoms with E-state index in [0.29, 0.717) is 0 Å². The Labute approximate surface area is 143 Å². The zero-order valence-electron chi connectivity index (χ0n) is 13.4. The van der Waals surface area contributed by atoms with Gasteiger partial charge in [0.25, 0.3) is 11.8 Å². The summed E-state index contributed by atoms with van der Waals surface area (Å²) in [6.07, 6.45) is -2.83.